The number of alkyl halides is 5. The van der Waals surface area contributed by atoms with Crippen LogP contribution >= 0.6 is 0 Å². The first-order chi connectivity index (χ1) is 10.9. The van der Waals surface area contributed by atoms with Gasteiger partial charge in [-0.05, 0) is 5.92 Å². The summed E-state index contributed by atoms with van der Waals surface area (Å²) >= 11 is 0. The molecule has 1 N–H and O–H groups in total. The number of ether oxygens (including phenoxy) is 1. The quantitative estimate of drug-likeness (QED) is 0.825. The maximum atomic E-state index is 13.1. The minimum Gasteiger partial charge on any atom is -0.440 e. The largest absolute Gasteiger partial charge is 0.440 e. The Morgan fingerprint density at radius 3 is 2.46 bits per heavy atom. The van der Waals surface area contributed by atoms with Crippen molar-refractivity contribution >= 4 is 11.9 Å². The van der Waals surface area contributed by atoms with Crippen molar-refractivity contribution in [2.24, 2.45) is 7.05 Å². The van der Waals surface area contributed by atoms with E-state index >= 15 is 0 Å². The number of carbonyl (C=O) groups is 1. The third kappa shape index (κ3) is 4.15. The Morgan fingerprint density at radius 1 is 1.42 bits per heavy atom. The molecule has 0 saturated heterocycles. The van der Waals surface area contributed by atoms with Crippen molar-refractivity contribution in [3.05, 3.63) is 11.3 Å². The van der Waals surface area contributed by atoms with Crippen molar-refractivity contribution in [2.75, 3.05) is 11.9 Å². The number of aromatic nitrogens is 2. The second-order valence-electron chi connectivity index (χ2n) is 6.20. The van der Waals surface area contributed by atoms with Gasteiger partial charge in [0.15, 0.2) is 6.61 Å². The molecule has 5 nitrogen and oxygen atoms in total. The number of hydrogen-bond donors (Lipinski definition) is 1. The molecule has 0 unspecified atom stereocenters. The molecule has 1 aliphatic carbocycles. The van der Waals surface area contributed by atoms with Gasteiger partial charge in [-0.25, -0.2) is 13.6 Å². The molecular formula is C14H18F5N3O2. The van der Waals surface area contributed by atoms with E-state index in [-0.39, 0.29) is 24.6 Å². The molecule has 1 heterocycles. The predicted molar refractivity (Wildman–Crippen MR) is 75.2 cm³/mol. The highest BCUT2D eigenvalue weighted by Gasteiger charge is 2.48. The van der Waals surface area contributed by atoms with Crippen LogP contribution in [-0.2, 0) is 11.8 Å². The van der Waals surface area contributed by atoms with E-state index in [1.165, 1.54) is 11.7 Å². The van der Waals surface area contributed by atoms with Gasteiger partial charge in [-0.3, -0.25) is 10.00 Å². The van der Waals surface area contributed by atoms with Gasteiger partial charge in [0.1, 0.15) is 5.82 Å². The zero-order valence-electron chi connectivity index (χ0n) is 13.4. The van der Waals surface area contributed by atoms with Gasteiger partial charge >= 0.3 is 12.3 Å². The van der Waals surface area contributed by atoms with Gasteiger partial charge in [-0.15, -0.1) is 0 Å². The number of halogens is 5. The smallest absolute Gasteiger partial charge is 0.422 e. The molecule has 1 aliphatic rings. The summed E-state index contributed by atoms with van der Waals surface area (Å²) in [4.78, 5) is 11.6. The van der Waals surface area contributed by atoms with E-state index < -0.39 is 30.7 Å². The van der Waals surface area contributed by atoms with E-state index in [1.54, 1.807) is 13.8 Å². The van der Waals surface area contributed by atoms with E-state index in [0.717, 1.165) is 0 Å². The molecule has 0 aromatic carbocycles. The normalized spacial score (nSPS) is 17.7. The van der Waals surface area contributed by atoms with Gasteiger partial charge in [0.05, 0.1) is 5.69 Å². The van der Waals surface area contributed by atoms with Crippen molar-refractivity contribution in [3.63, 3.8) is 0 Å². The molecule has 0 atom stereocenters. The van der Waals surface area contributed by atoms with Gasteiger partial charge in [-0.1, -0.05) is 13.8 Å². The van der Waals surface area contributed by atoms with Crippen molar-refractivity contribution in [3.8, 4) is 0 Å². The number of nitrogens with zero attached hydrogens (tertiary/aromatic N) is 2. The molecule has 0 radical (unpaired) electrons. The Balaban J connectivity index is 2.18. The predicted octanol–water partition coefficient (Wildman–Crippen LogP) is 4.17. The minimum atomic E-state index is -4.63. The number of hydrogen-bond acceptors (Lipinski definition) is 3. The van der Waals surface area contributed by atoms with Crippen LogP contribution in [0.3, 0.4) is 0 Å². The van der Waals surface area contributed by atoms with E-state index in [1.807, 2.05) is 0 Å². The zero-order chi connectivity index (χ0) is 18.3. The summed E-state index contributed by atoms with van der Waals surface area (Å²) in [6, 6.07) is 0. The molecule has 1 aromatic heterocycles. The second kappa shape index (κ2) is 6.21. The highest BCUT2D eigenvalue weighted by atomic mass is 19.4. The molecule has 0 aliphatic heterocycles. The number of anilines is 1. The molecule has 0 spiro atoms. The molecule has 1 saturated carbocycles. The number of nitrogens with one attached hydrogen (secondary N) is 1. The monoisotopic (exact) mass is 355 g/mol. The van der Waals surface area contributed by atoms with Crippen LogP contribution in [0.5, 0.6) is 0 Å². The number of carbonyl (C=O) groups excluding carboxylic acids is 1. The summed E-state index contributed by atoms with van der Waals surface area (Å²) < 4.78 is 67.8. The van der Waals surface area contributed by atoms with Gasteiger partial charge in [0.2, 0.25) is 5.92 Å². The Bertz CT molecular complexity index is 617. The highest BCUT2D eigenvalue weighted by Crippen LogP contribution is 2.50. The average molecular weight is 355 g/mol. The third-order valence-electron chi connectivity index (χ3n) is 3.75. The van der Waals surface area contributed by atoms with Crippen LogP contribution in [0, 0.1) is 0 Å². The zero-order valence-corrected chi connectivity index (χ0v) is 13.4. The fourth-order valence-electron chi connectivity index (χ4n) is 2.71. The summed E-state index contributed by atoms with van der Waals surface area (Å²) in [5.41, 5.74) is 0.964. The topological polar surface area (TPSA) is 56.2 Å². The van der Waals surface area contributed by atoms with Crippen LogP contribution < -0.4 is 5.32 Å². The molecule has 1 amide bonds. The molecule has 1 aromatic rings. The second-order valence-corrected chi connectivity index (χ2v) is 6.20. The van der Waals surface area contributed by atoms with Crippen molar-refractivity contribution in [2.45, 2.75) is 50.6 Å². The first kappa shape index (κ1) is 18.5. The highest BCUT2D eigenvalue weighted by molar-refractivity contribution is 5.85. The van der Waals surface area contributed by atoms with Crippen LogP contribution in [0.4, 0.5) is 32.6 Å². The Labute approximate surface area is 135 Å². The van der Waals surface area contributed by atoms with Gasteiger partial charge in [0, 0.05) is 31.4 Å². The van der Waals surface area contributed by atoms with Crippen LogP contribution in [-0.4, -0.2) is 34.6 Å². The standard InChI is InChI=1S/C14H18F5N3O2/c1-7(2)9-10(8-4-13(15,16)5-8)21-22(3)11(9)20-12(23)24-6-14(17,18)19/h7-8H,4-6H2,1-3H3,(H,20,23). The molecule has 1 fully saturated rings. The van der Waals surface area contributed by atoms with E-state index in [9.17, 15) is 26.7 Å². The van der Waals surface area contributed by atoms with Crippen molar-refractivity contribution in [1.29, 1.82) is 0 Å². The summed E-state index contributed by atoms with van der Waals surface area (Å²) in [7, 11) is 1.48. The summed E-state index contributed by atoms with van der Waals surface area (Å²) in [6.45, 7) is 1.85. The van der Waals surface area contributed by atoms with Crippen molar-refractivity contribution < 1.29 is 31.5 Å². The van der Waals surface area contributed by atoms with Crippen LogP contribution in [0.2, 0.25) is 0 Å². The first-order valence-corrected chi connectivity index (χ1v) is 7.35. The lowest BCUT2D eigenvalue weighted by molar-refractivity contribution is -0.159. The third-order valence-corrected chi connectivity index (χ3v) is 3.75. The Hall–Kier alpha value is -1.87. The maximum Gasteiger partial charge on any atom is 0.422 e. The number of aryl methyl sites for hydroxylation is 1. The lowest BCUT2D eigenvalue weighted by Crippen LogP contribution is -2.34. The number of amides is 1. The molecule has 10 heteroatoms. The van der Waals surface area contributed by atoms with E-state index in [2.05, 4.69) is 15.2 Å². The minimum absolute atomic E-state index is 0.155. The Kier molecular flexibility index (Phi) is 4.78. The molecule has 0 bridgehead atoms. The Morgan fingerprint density at radius 2 is 2.00 bits per heavy atom. The lowest BCUT2D eigenvalue weighted by Gasteiger charge is -2.34. The average Bonchev–Trinajstić information content (AvgIpc) is 2.70. The molecule has 136 valence electrons. The van der Waals surface area contributed by atoms with Crippen LogP contribution in [0.25, 0.3) is 0 Å². The van der Waals surface area contributed by atoms with Crippen molar-refractivity contribution in [1.82, 2.24) is 9.78 Å². The lowest BCUT2D eigenvalue weighted by atomic mass is 9.77. The molecule has 2 rings (SSSR count). The SMILES string of the molecule is CC(C)c1c(C2CC(F)(F)C2)nn(C)c1NC(=O)OCC(F)(F)F. The molecular weight excluding hydrogens is 337 g/mol. The fourth-order valence-corrected chi connectivity index (χ4v) is 2.71. The van der Waals surface area contributed by atoms with Crippen LogP contribution in [0.1, 0.15) is 49.8 Å². The summed E-state index contributed by atoms with van der Waals surface area (Å²) in [5.74, 6) is -3.18. The fraction of sp³-hybridized carbons (Fsp3) is 0.714. The first-order valence-electron chi connectivity index (χ1n) is 7.35. The van der Waals surface area contributed by atoms with E-state index in [4.69, 9.17) is 0 Å². The molecule has 24 heavy (non-hydrogen) atoms. The summed E-state index contributed by atoms with van der Waals surface area (Å²) in [5, 5.41) is 6.40. The van der Waals surface area contributed by atoms with Gasteiger partial charge in [-0.2, -0.15) is 18.3 Å². The van der Waals surface area contributed by atoms with E-state index in [0.29, 0.717) is 11.3 Å². The summed E-state index contributed by atoms with van der Waals surface area (Å²) in [6.07, 6.45) is -6.57. The van der Waals surface area contributed by atoms with Crippen LogP contribution in [0.15, 0.2) is 0 Å². The van der Waals surface area contributed by atoms with Gasteiger partial charge < -0.3 is 4.74 Å². The maximum absolute atomic E-state index is 13.1. The van der Waals surface area contributed by atoms with Gasteiger partial charge in [0.25, 0.3) is 0 Å². The number of rotatable bonds is 4.